The second-order valence-corrected chi connectivity index (χ2v) is 6.88. The standard InChI is InChI=1S/C16H17N5O2S/c1-2-20-11-5-3-4-6-12(11)21(16(20)23)9-13(22)17-15-19-18-14(24-15)10-7-8-10/h3-6,10H,2,7-9H2,1H3,(H,17,19,22). The molecule has 0 unspecified atom stereocenters. The van der Waals surface area contributed by atoms with Gasteiger partial charge in [-0.3, -0.25) is 19.2 Å². The average molecular weight is 343 g/mol. The summed E-state index contributed by atoms with van der Waals surface area (Å²) in [5.41, 5.74) is 1.42. The Bertz CT molecular complexity index is 966. The van der Waals surface area contributed by atoms with E-state index in [4.69, 9.17) is 0 Å². The van der Waals surface area contributed by atoms with Crippen LogP contribution in [0.15, 0.2) is 29.1 Å². The minimum Gasteiger partial charge on any atom is -0.299 e. The molecule has 124 valence electrons. The zero-order chi connectivity index (χ0) is 16.7. The summed E-state index contributed by atoms with van der Waals surface area (Å²) < 4.78 is 3.16. The number of carbonyl (C=O) groups is 1. The van der Waals surface area contributed by atoms with E-state index in [1.807, 2.05) is 31.2 Å². The fourth-order valence-electron chi connectivity index (χ4n) is 2.81. The van der Waals surface area contributed by atoms with E-state index in [2.05, 4.69) is 15.5 Å². The lowest BCUT2D eigenvalue weighted by atomic mass is 10.3. The van der Waals surface area contributed by atoms with Crippen molar-refractivity contribution in [3.8, 4) is 0 Å². The summed E-state index contributed by atoms with van der Waals surface area (Å²) in [5, 5.41) is 12.3. The van der Waals surface area contributed by atoms with Crippen LogP contribution in [0.4, 0.5) is 5.13 Å². The predicted molar refractivity (Wildman–Crippen MR) is 92.4 cm³/mol. The Morgan fingerprint density at radius 1 is 1.25 bits per heavy atom. The number of hydrogen-bond acceptors (Lipinski definition) is 5. The number of fused-ring (bicyclic) bond motifs is 1. The lowest BCUT2D eigenvalue weighted by Gasteiger charge is -2.03. The molecule has 1 aromatic carbocycles. The molecule has 1 N–H and O–H groups in total. The molecule has 0 radical (unpaired) electrons. The molecule has 24 heavy (non-hydrogen) atoms. The maximum absolute atomic E-state index is 12.5. The number of para-hydroxylation sites is 2. The van der Waals surface area contributed by atoms with E-state index in [-0.39, 0.29) is 18.1 Å². The van der Waals surface area contributed by atoms with Crippen molar-refractivity contribution in [1.29, 1.82) is 0 Å². The highest BCUT2D eigenvalue weighted by molar-refractivity contribution is 7.15. The van der Waals surface area contributed by atoms with Crippen molar-refractivity contribution in [1.82, 2.24) is 19.3 Å². The van der Waals surface area contributed by atoms with Crippen molar-refractivity contribution in [2.45, 2.75) is 38.8 Å². The lowest BCUT2D eigenvalue weighted by molar-refractivity contribution is -0.116. The van der Waals surface area contributed by atoms with E-state index in [9.17, 15) is 9.59 Å². The second-order valence-electron chi connectivity index (χ2n) is 5.87. The molecule has 0 spiro atoms. The molecule has 4 rings (SSSR count). The van der Waals surface area contributed by atoms with Crippen molar-refractivity contribution in [3.05, 3.63) is 39.8 Å². The zero-order valence-electron chi connectivity index (χ0n) is 13.2. The van der Waals surface area contributed by atoms with Gasteiger partial charge in [0.1, 0.15) is 11.6 Å². The van der Waals surface area contributed by atoms with Crippen LogP contribution in [0.2, 0.25) is 0 Å². The van der Waals surface area contributed by atoms with Gasteiger partial charge in [-0.25, -0.2) is 4.79 Å². The molecule has 2 aromatic heterocycles. The molecule has 3 aromatic rings. The molecule has 1 aliphatic carbocycles. The minimum atomic E-state index is -0.269. The monoisotopic (exact) mass is 343 g/mol. The van der Waals surface area contributed by atoms with Gasteiger partial charge in [-0.1, -0.05) is 23.5 Å². The van der Waals surface area contributed by atoms with Crippen molar-refractivity contribution < 1.29 is 4.79 Å². The molecular weight excluding hydrogens is 326 g/mol. The number of amides is 1. The molecule has 2 heterocycles. The first-order valence-electron chi connectivity index (χ1n) is 7.98. The van der Waals surface area contributed by atoms with Gasteiger partial charge in [0, 0.05) is 12.5 Å². The molecule has 7 nitrogen and oxygen atoms in total. The number of nitrogens with one attached hydrogen (secondary N) is 1. The van der Waals surface area contributed by atoms with Gasteiger partial charge in [-0.15, -0.1) is 10.2 Å². The first-order chi connectivity index (χ1) is 11.7. The molecule has 8 heteroatoms. The summed E-state index contributed by atoms with van der Waals surface area (Å²) in [6.45, 7) is 2.44. The Kier molecular flexibility index (Phi) is 3.68. The van der Waals surface area contributed by atoms with Crippen molar-refractivity contribution in [2.75, 3.05) is 5.32 Å². The molecule has 1 fully saturated rings. The van der Waals surface area contributed by atoms with E-state index in [1.165, 1.54) is 15.9 Å². The highest BCUT2D eigenvalue weighted by Gasteiger charge is 2.27. The number of hydrogen-bond donors (Lipinski definition) is 1. The second kappa shape index (κ2) is 5.86. The van der Waals surface area contributed by atoms with Crippen LogP contribution in [-0.2, 0) is 17.9 Å². The number of nitrogens with zero attached hydrogens (tertiary/aromatic N) is 4. The lowest BCUT2D eigenvalue weighted by Crippen LogP contribution is -2.29. The number of aryl methyl sites for hydroxylation is 1. The van der Waals surface area contributed by atoms with E-state index < -0.39 is 0 Å². The van der Waals surface area contributed by atoms with Gasteiger partial charge in [0.05, 0.1) is 11.0 Å². The third-order valence-corrected chi connectivity index (χ3v) is 5.16. The summed E-state index contributed by atoms with van der Waals surface area (Å²) in [5.74, 6) is 0.243. The molecule has 1 saturated carbocycles. The number of imidazole rings is 1. The van der Waals surface area contributed by atoms with Crippen LogP contribution in [0.5, 0.6) is 0 Å². The Balaban J connectivity index is 1.58. The van der Waals surface area contributed by atoms with Crippen molar-refractivity contribution in [2.24, 2.45) is 0 Å². The van der Waals surface area contributed by atoms with Gasteiger partial charge >= 0.3 is 5.69 Å². The Labute approximate surface area is 141 Å². The summed E-state index contributed by atoms with van der Waals surface area (Å²) in [7, 11) is 0. The fourth-order valence-corrected chi connectivity index (χ4v) is 3.74. The topological polar surface area (TPSA) is 81.8 Å². The molecule has 1 amide bonds. The molecule has 0 saturated heterocycles. The molecular formula is C16H17N5O2S. The normalized spacial score (nSPS) is 14.2. The van der Waals surface area contributed by atoms with Crippen LogP contribution >= 0.6 is 11.3 Å². The zero-order valence-corrected chi connectivity index (χ0v) is 14.0. The largest absolute Gasteiger partial charge is 0.329 e. The van der Waals surface area contributed by atoms with E-state index in [1.54, 1.807) is 4.57 Å². The van der Waals surface area contributed by atoms with Crippen LogP contribution in [-0.4, -0.2) is 25.2 Å². The van der Waals surface area contributed by atoms with Crippen molar-refractivity contribution >= 4 is 33.4 Å². The van der Waals surface area contributed by atoms with Gasteiger partial charge in [0.25, 0.3) is 0 Å². The maximum atomic E-state index is 12.5. The Morgan fingerprint density at radius 2 is 1.96 bits per heavy atom. The van der Waals surface area contributed by atoms with Gasteiger partial charge in [-0.05, 0) is 31.9 Å². The SMILES string of the molecule is CCn1c(=O)n(CC(=O)Nc2nnc(C3CC3)s2)c2ccccc21. The predicted octanol–water partition coefficient (Wildman–Crippen LogP) is 2.19. The number of aromatic nitrogens is 4. The van der Waals surface area contributed by atoms with Crippen molar-refractivity contribution in [3.63, 3.8) is 0 Å². The van der Waals surface area contributed by atoms with Crippen LogP contribution in [0.25, 0.3) is 11.0 Å². The summed E-state index contributed by atoms with van der Waals surface area (Å²) in [6, 6.07) is 7.50. The molecule has 0 aliphatic heterocycles. The van der Waals surface area contributed by atoms with Crippen LogP contribution in [0.3, 0.4) is 0 Å². The third-order valence-electron chi connectivity index (χ3n) is 4.16. The van der Waals surface area contributed by atoms with Gasteiger partial charge < -0.3 is 0 Å². The summed E-state index contributed by atoms with van der Waals surface area (Å²) >= 11 is 1.41. The fraction of sp³-hybridized carbons (Fsp3) is 0.375. The minimum absolute atomic E-state index is 0.0370. The number of benzene rings is 1. The Morgan fingerprint density at radius 3 is 2.62 bits per heavy atom. The van der Waals surface area contributed by atoms with Gasteiger partial charge in [0.15, 0.2) is 0 Å². The quantitative estimate of drug-likeness (QED) is 0.770. The van der Waals surface area contributed by atoms with Gasteiger partial charge in [-0.2, -0.15) is 0 Å². The van der Waals surface area contributed by atoms with E-state index in [0.717, 1.165) is 28.9 Å². The third kappa shape index (κ3) is 2.62. The summed E-state index contributed by atoms with van der Waals surface area (Å²) in [6.07, 6.45) is 2.29. The molecule has 1 aliphatic rings. The smallest absolute Gasteiger partial charge is 0.299 e. The Hall–Kier alpha value is -2.48. The molecule has 0 bridgehead atoms. The van der Waals surface area contributed by atoms with E-state index in [0.29, 0.717) is 17.6 Å². The number of rotatable bonds is 5. The van der Waals surface area contributed by atoms with Gasteiger partial charge in [0.2, 0.25) is 11.0 Å². The number of carbonyl (C=O) groups excluding carboxylic acids is 1. The summed E-state index contributed by atoms with van der Waals surface area (Å²) in [4.78, 5) is 24.9. The molecule has 0 atom stereocenters. The van der Waals surface area contributed by atoms with Crippen LogP contribution in [0.1, 0.15) is 30.7 Å². The number of anilines is 1. The first kappa shape index (κ1) is 15.1. The average Bonchev–Trinajstić information content (AvgIpc) is 3.27. The maximum Gasteiger partial charge on any atom is 0.329 e. The first-order valence-corrected chi connectivity index (χ1v) is 8.80. The van der Waals surface area contributed by atoms with Crippen LogP contribution < -0.4 is 11.0 Å². The highest BCUT2D eigenvalue weighted by atomic mass is 32.1. The van der Waals surface area contributed by atoms with Crippen LogP contribution in [0, 0.1) is 0 Å². The van der Waals surface area contributed by atoms with E-state index >= 15 is 0 Å². The highest BCUT2D eigenvalue weighted by Crippen LogP contribution is 2.42.